The fourth-order valence-corrected chi connectivity index (χ4v) is 10.7. The lowest BCUT2D eigenvalue weighted by Crippen LogP contribution is -2.83. The molecule has 4 fully saturated rings. The van der Waals surface area contributed by atoms with E-state index in [1.807, 2.05) is 20.8 Å². The molecule has 16 heteroatoms. The number of carbonyl (C=O) groups is 5. The van der Waals surface area contributed by atoms with Crippen LogP contribution in [0.3, 0.4) is 0 Å². The van der Waals surface area contributed by atoms with Crippen LogP contribution < -0.4 is 5.32 Å². The Balaban J connectivity index is 1.57. The summed E-state index contributed by atoms with van der Waals surface area (Å²) in [5.41, 5.74) is -6.65. The molecular weight excluding hydrogens is 806 g/mol. The van der Waals surface area contributed by atoms with E-state index in [9.17, 15) is 34.2 Å². The first-order chi connectivity index (χ1) is 28.8. The first-order valence-electron chi connectivity index (χ1n) is 21.3. The van der Waals surface area contributed by atoms with E-state index in [4.69, 9.17) is 37.9 Å². The lowest BCUT2D eigenvalue weighted by molar-refractivity contribution is -0.405. The third-order valence-corrected chi connectivity index (χ3v) is 13.4. The van der Waals surface area contributed by atoms with Crippen LogP contribution in [0.15, 0.2) is 54.1 Å². The molecular formula is C46H63NO15. The van der Waals surface area contributed by atoms with Gasteiger partial charge in [0.25, 0.3) is 0 Å². The summed E-state index contributed by atoms with van der Waals surface area (Å²) in [5.74, 6) is -4.57. The topological polar surface area (TPSA) is 212 Å². The molecule has 62 heavy (non-hydrogen) atoms. The zero-order valence-electron chi connectivity index (χ0n) is 37.6. The van der Waals surface area contributed by atoms with Gasteiger partial charge in [0.15, 0.2) is 24.1 Å². The van der Waals surface area contributed by atoms with Crippen molar-refractivity contribution in [3.05, 3.63) is 59.7 Å². The molecule has 342 valence electrons. The predicted octanol–water partition coefficient (Wildman–Crippen LogP) is 4.87. The maximum absolute atomic E-state index is 14.4. The summed E-state index contributed by atoms with van der Waals surface area (Å²) in [6.45, 7) is 21.9. The van der Waals surface area contributed by atoms with Crippen molar-refractivity contribution in [2.45, 2.75) is 167 Å². The van der Waals surface area contributed by atoms with Crippen molar-refractivity contribution in [2.75, 3.05) is 6.61 Å². The van der Waals surface area contributed by atoms with Crippen LogP contribution in [0.25, 0.3) is 0 Å². The van der Waals surface area contributed by atoms with Crippen molar-refractivity contribution < 1.29 is 72.1 Å². The van der Waals surface area contributed by atoms with Gasteiger partial charge < -0.3 is 53.4 Å². The van der Waals surface area contributed by atoms with Gasteiger partial charge in [-0.15, -0.1) is 0 Å². The molecule has 2 unspecified atom stereocenters. The number of carbonyl (C=O) groups excluding carboxylic acids is 5. The monoisotopic (exact) mass is 869 g/mol. The van der Waals surface area contributed by atoms with Crippen LogP contribution >= 0.6 is 0 Å². The van der Waals surface area contributed by atoms with Crippen LogP contribution in [0.2, 0.25) is 0 Å². The van der Waals surface area contributed by atoms with Crippen LogP contribution in [0.5, 0.6) is 0 Å². The molecule has 2 aliphatic heterocycles. The lowest BCUT2D eigenvalue weighted by atomic mass is 9.44. The van der Waals surface area contributed by atoms with Gasteiger partial charge in [0.1, 0.15) is 35.6 Å². The second-order valence-electron chi connectivity index (χ2n) is 19.5. The number of hydrogen-bond donors (Lipinski definition) is 3. The van der Waals surface area contributed by atoms with Gasteiger partial charge in [0, 0.05) is 37.5 Å². The molecule has 2 saturated heterocycles. The number of aliphatic hydroxyl groups excluding tert-OH is 1. The van der Waals surface area contributed by atoms with E-state index in [0.717, 1.165) is 0 Å². The van der Waals surface area contributed by atoms with E-state index in [-0.39, 0.29) is 30.9 Å². The molecule has 16 nitrogen and oxygen atoms in total. The summed E-state index contributed by atoms with van der Waals surface area (Å²) in [4.78, 5) is 68.1. The molecule has 3 N–H and O–H groups in total. The molecule has 1 aromatic rings. The SMILES string of the molecule is C=CC1O[C@H]2C[C@H]3OC[C@@]3(OC(C)=O)[C@H]3[C@H](OC(=O)c4ccccc4)C4(O)C[C@H](OC(=O)[C@H](O)[C@H](CC(C)C)NC(=O)OC(C)(C)C)C(C)=C([C@H](OC(C)=O)[C@H](O1)[C@]23C)C4(C)C. The molecule has 1 amide bonds. The normalized spacial score (nSPS) is 35.5. The highest BCUT2D eigenvalue weighted by atomic mass is 16.7. The smallest absolute Gasteiger partial charge is 0.407 e. The fourth-order valence-electron chi connectivity index (χ4n) is 10.7. The standard InChI is InChI=1S/C46H63NO15/c1-13-32-58-30-20-31-45(22-55-31,61-26(6)49)36-38(60-39(51)27-17-15-14-16-18-27)46(54)21-29(57-40(52)34(50)28(19-23(2)3)47-41(53)62-42(7,8)9)24(4)33(43(46,10)11)35(56-25(5)48)37(59-32)44(30,36)12/h13-18,23,28-32,34-38,50,54H,1,19-22H2,2-12H3,(H,47,53)/t28-,29-,30-,31+,32?,34+,35-,36-,37-,38-,44+,45-,46?/m0/s1. The van der Waals surface area contributed by atoms with Gasteiger partial charge >= 0.3 is 30.0 Å². The molecule has 3 aliphatic carbocycles. The quantitative estimate of drug-likeness (QED) is 0.154. The van der Waals surface area contributed by atoms with Crippen molar-refractivity contribution in [2.24, 2.45) is 22.7 Å². The van der Waals surface area contributed by atoms with Crippen LogP contribution in [0.1, 0.15) is 106 Å². The van der Waals surface area contributed by atoms with E-state index in [1.165, 1.54) is 19.9 Å². The average Bonchev–Trinajstić information content (AvgIpc) is 3.15. The van der Waals surface area contributed by atoms with Crippen molar-refractivity contribution in [3.8, 4) is 0 Å². The first-order valence-corrected chi connectivity index (χ1v) is 21.3. The van der Waals surface area contributed by atoms with E-state index >= 15 is 0 Å². The second-order valence-corrected chi connectivity index (χ2v) is 19.5. The van der Waals surface area contributed by atoms with Crippen LogP contribution in [-0.4, -0.2) is 119 Å². The molecule has 5 aliphatic rings. The number of fused-ring (bicyclic) bond motifs is 4. The third-order valence-electron chi connectivity index (χ3n) is 13.4. The van der Waals surface area contributed by atoms with E-state index < -0.39 is 125 Å². The highest BCUT2D eigenvalue weighted by Gasteiger charge is 2.79. The first kappa shape index (κ1) is 47.1. The Bertz CT molecular complexity index is 1960. The maximum Gasteiger partial charge on any atom is 0.407 e. The van der Waals surface area contributed by atoms with Crippen LogP contribution in [0.4, 0.5) is 4.79 Å². The summed E-state index contributed by atoms with van der Waals surface area (Å²) in [6.07, 6.45) is -9.36. The highest BCUT2D eigenvalue weighted by molar-refractivity contribution is 5.89. The Morgan fingerprint density at radius 1 is 0.984 bits per heavy atom. The lowest BCUT2D eigenvalue weighted by Gasteiger charge is -2.71. The number of amides is 1. The zero-order valence-corrected chi connectivity index (χ0v) is 37.6. The zero-order chi connectivity index (χ0) is 45.9. The van der Waals surface area contributed by atoms with Gasteiger partial charge in [-0.2, -0.15) is 0 Å². The molecule has 0 radical (unpaired) electrons. The Morgan fingerprint density at radius 3 is 2.19 bits per heavy atom. The molecule has 2 bridgehead atoms. The molecule has 2 saturated carbocycles. The largest absolute Gasteiger partial charge is 0.456 e. The fraction of sp³-hybridized carbons (Fsp3) is 0.674. The summed E-state index contributed by atoms with van der Waals surface area (Å²) in [6, 6.07) is 7.04. The van der Waals surface area contributed by atoms with Crippen molar-refractivity contribution in [3.63, 3.8) is 0 Å². The van der Waals surface area contributed by atoms with E-state index in [0.29, 0.717) is 11.1 Å². The third kappa shape index (κ3) is 8.28. The van der Waals surface area contributed by atoms with Crippen molar-refractivity contribution in [1.82, 2.24) is 5.32 Å². The van der Waals surface area contributed by atoms with Crippen molar-refractivity contribution in [1.29, 1.82) is 0 Å². The Kier molecular flexibility index (Phi) is 12.9. The summed E-state index contributed by atoms with van der Waals surface area (Å²) in [7, 11) is 0. The molecule has 2 heterocycles. The van der Waals surface area contributed by atoms with Gasteiger partial charge in [0.05, 0.1) is 30.2 Å². The predicted molar refractivity (Wildman–Crippen MR) is 220 cm³/mol. The Labute approximate surface area is 362 Å². The number of benzene rings is 1. The molecule has 1 aromatic carbocycles. The Hall–Kier alpha value is -4.35. The number of hydrogen-bond acceptors (Lipinski definition) is 15. The number of nitrogens with one attached hydrogen (secondary N) is 1. The highest BCUT2D eigenvalue weighted by Crippen LogP contribution is 2.67. The summed E-state index contributed by atoms with van der Waals surface area (Å²) >= 11 is 0. The van der Waals surface area contributed by atoms with Gasteiger partial charge in [0.2, 0.25) is 0 Å². The minimum Gasteiger partial charge on any atom is -0.456 e. The van der Waals surface area contributed by atoms with Gasteiger partial charge in [-0.25, -0.2) is 14.4 Å². The minimum absolute atomic E-state index is 0.0926. The average molecular weight is 870 g/mol. The summed E-state index contributed by atoms with van der Waals surface area (Å²) in [5, 5.41) is 28.1. The number of ether oxygens (including phenoxy) is 8. The molecule has 6 rings (SSSR count). The summed E-state index contributed by atoms with van der Waals surface area (Å²) < 4.78 is 50.2. The van der Waals surface area contributed by atoms with E-state index in [1.54, 1.807) is 71.9 Å². The van der Waals surface area contributed by atoms with Crippen LogP contribution in [0, 0.1) is 22.7 Å². The molecule has 0 aromatic heterocycles. The number of rotatable bonds is 11. The van der Waals surface area contributed by atoms with Crippen LogP contribution in [-0.2, 0) is 52.3 Å². The van der Waals surface area contributed by atoms with Gasteiger partial charge in [-0.05, 0) is 69.4 Å². The van der Waals surface area contributed by atoms with Gasteiger partial charge in [-0.1, -0.05) is 59.4 Å². The maximum atomic E-state index is 14.4. The number of esters is 4. The number of alkyl carbamates (subject to hydrolysis) is 1. The molecule has 0 spiro atoms. The van der Waals surface area contributed by atoms with Gasteiger partial charge in [-0.3, -0.25) is 9.59 Å². The number of aliphatic hydroxyl groups is 2. The second kappa shape index (κ2) is 17.0. The van der Waals surface area contributed by atoms with E-state index in [2.05, 4.69) is 11.9 Å². The molecule has 13 atom stereocenters. The minimum atomic E-state index is -2.23. The Morgan fingerprint density at radius 2 is 1.65 bits per heavy atom. The van der Waals surface area contributed by atoms with Crippen molar-refractivity contribution >= 4 is 30.0 Å².